The zero-order valence-corrected chi connectivity index (χ0v) is 12.7. The fourth-order valence-corrected chi connectivity index (χ4v) is 2.74. The Labute approximate surface area is 121 Å². The van der Waals surface area contributed by atoms with Crippen LogP contribution in [0.15, 0.2) is 0 Å². The van der Waals surface area contributed by atoms with Crippen LogP contribution in [0, 0.1) is 5.92 Å². The number of piperidine rings is 1. The van der Waals surface area contributed by atoms with E-state index >= 15 is 0 Å². The van der Waals surface area contributed by atoms with Gasteiger partial charge in [-0.2, -0.15) is 0 Å². The Morgan fingerprint density at radius 3 is 2.80 bits per heavy atom. The summed E-state index contributed by atoms with van der Waals surface area (Å²) in [6, 6.07) is 0.151. The van der Waals surface area contributed by atoms with Gasteiger partial charge < -0.3 is 15.3 Å². The predicted octanol–water partition coefficient (Wildman–Crippen LogP) is 2.85. The van der Waals surface area contributed by atoms with Crippen molar-refractivity contribution in [2.75, 3.05) is 13.1 Å². The van der Waals surface area contributed by atoms with Crippen LogP contribution in [0.1, 0.15) is 58.8 Å². The third-order valence-electron chi connectivity index (χ3n) is 3.88. The first-order valence-electron chi connectivity index (χ1n) is 7.80. The summed E-state index contributed by atoms with van der Waals surface area (Å²) >= 11 is 0. The summed E-state index contributed by atoms with van der Waals surface area (Å²) in [5.74, 6) is -0.674. The van der Waals surface area contributed by atoms with Crippen molar-refractivity contribution >= 4 is 12.0 Å². The van der Waals surface area contributed by atoms with Crippen LogP contribution in [0.5, 0.6) is 0 Å². The van der Waals surface area contributed by atoms with E-state index in [2.05, 4.69) is 12.2 Å². The van der Waals surface area contributed by atoms with Gasteiger partial charge in [-0.1, -0.05) is 26.2 Å². The molecule has 5 heteroatoms. The minimum atomic E-state index is -0.773. The van der Waals surface area contributed by atoms with E-state index in [-0.39, 0.29) is 24.4 Å². The van der Waals surface area contributed by atoms with Crippen molar-refractivity contribution in [1.82, 2.24) is 10.2 Å². The van der Waals surface area contributed by atoms with Crippen LogP contribution in [-0.4, -0.2) is 41.1 Å². The highest BCUT2D eigenvalue weighted by Crippen LogP contribution is 2.19. The molecule has 2 N–H and O–H groups in total. The van der Waals surface area contributed by atoms with E-state index in [1.165, 1.54) is 12.8 Å². The van der Waals surface area contributed by atoms with Gasteiger partial charge in [0.2, 0.25) is 0 Å². The van der Waals surface area contributed by atoms with Crippen molar-refractivity contribution in [3.8, 4) is 0 Å². The highest BCUT2D eigenvalue weighted by Gasteiger charge is 2.25. The van der Waals surface area contributed by atoms with Crippen LogP contribution in [0.2, 0.25) is 0 Å². The number of amides is 2. The molecule has 1 aliphatic heterocycles. The predicted molar refractivity (Wildman–Crippen MR) is 78.7 cm³/mol. The molecule has 1 rings (SSSR count). The Hall–Kier alpha value is -1.26. The molecule has 0 radical (unpaired) electrons. The maximum Gasteiger partial charge on any atom is 0.317 e. The molecule has 0 bridgehead atoms. The number of likely N-dealkylation sites (tertiary alicyclic amines) is 1. The Balaban J connectivity index is 2.32. The summed E-state index contributed by atoms with van der Waals surface area (Å²) in [6.45, 7) is 5.51. The quantitative estimate of drug-likeness (QED) is 0.706. The topological polar surface area (TPSA) is 69.6 Å². The molecule has 0 aromatic heterocycles. The lowest BCUT2D eigenvalue weighted by atomic mass is 9.95. The van der Waals surface area contributed by atoms with Gasteiger partial charge in [0.05, 0.1) is 0 Å². The molecule has 1 fully saturated rings. The first kappa shape index (κ1) is 16.8. The first-order valence-corrected chi connectivity index (χ1v) is 7.80. The van der Waals surface area contributed by atoms with Crippen LogP contribution in [0.4, 0.5) is 4.79 Å². The number of carboxylic acid groups (broad SMARTS) is 1. The molecule has 2 amide bonds. The summed E-state index contributed by atoms with van der Waals surface area (Å²) in [4.78, 5) is 24.7. The number of hydrogen-bond acceptors (Lipinski definition) is 2. The second-order valence-corrected chi connectivity index (χ2v) is 5.90. The molecule has 0 aromatic carbocycles. The number of urea groups is 1. The van der Waals surface area contributed by atoms with Crippen LogP contribution in [0.25, 0.3) is 0 Å². The van der Waals surface area contributed by atoms with E-state index in [0.29, 0.717) is 6.54 Å². The third-order valence-corrected chi connectivity index (χ3v) is 3.88. The molecule has 2 atom stereocenters. The molecule has 1 aliphatic rings. The minimum Gasteiger partial charge on any atom is -0.481 e. The van der Waals surface area contributed by atoms with Crippen LogP contribution in [-0.2, 0) is 4.79 Å². The standard InChI is InChI=1S/C15H28N2O3/c1-3-4-5-7-12(2)16-15(20)17-9-6-8-13(11-17)10-14(18)19/h12-13H,3-11H2,1-2H3,(H,16,20)(H,18,19). The van der Waals surface area contributed by atoms with Crippen molar-refractivity contribution in [3.63, 3.8) is 0 Å². The molecule has 1 heterocycles. The zero-order chi connectivity index (χ0) is 15.0. The number of nitrogens with zero attached hydrogens (tertiary/aromatic N) is 1. The highest BCUT2D eigenvalue weighted by atomic mass is 16.4. The van der Waals surface area contributed by atoms with E-state index in [1.807, 2.05) is 6.92 Å². The molecule has 0 aromatic rings. The molecule has 5 nitrogen and oxygen atoms in total. The van der Waals surface area contributed by atoms with Gasteiger partial charge in [-0.05, 0) is 32.1 Å². The van der Waals surface area contributed by atoms with Gasteiger partial charge in [-0.3, -0.25) is 4.79 Å². The Bertz CT molecular complexity index is 320. The van der Waals surface area contributed by atoms with Gasteiger partial charge in [-0.15, -0.1) is 0 Å². The number of aliphatic carboxylic acids is 1. The van der Waals surface area contributed by atoms with Gasteiger partial charge in [0.1, 0.15) is 0 Å². The van der Waals surface area contributed by atoms with Crippen molar-refractivity contribution in [3.05, 3.63) is 0 Å². The molecular weight excluding hydrogens is 256 g/mol. The lowest BCUT2D eigenvalue weighted by Crippen LogP contribution is -2.48. The summed E-state index contributed by atoms with van der Waals surface area (Å²) in [5.41, 5.74) is 0. The summed E-state index contributed by atoms with van der Waals surface area (Å²) in [7, 11) is 0. The van der Waals surface area contributed by atoms with Gasteiger partial charge >= 0.3 is 12.0 Å². The monoisotopic (exact) mass is 284 g/mol. The Kier molecular flexibility index (Phi) is 7.41. The lowest BCUT2D eigenvalue weighted by Gasteiger charge is -2.33. The Morgan fingerprint density at radius 2 is 2.15 bits per heavy atom. The maximum absolute atomic E-state index is 12.1. The van der Waals surface area contributed by atoms with Crippen LogP contribution >= 0.6 is 0 Å². The molecule has 0 aliphatic carbocycles. The highest BCUT2D eigenvalue weighted by molar-refractivity contribution is 5.74. The molecule has 116 valence electrons. The number of carbonyl (C=O) groups is 2. The molecular formula is C15H28N2O3. The van der Waals surface area contributed by atoms with Gasteiger partial charge in [0.15, 0.2) is 0 Å². The number of hydrogen-bond donors (Lipinski definition) is 2. The molecule has 0 saturated carbocycles. The maximum atomic E-state index is 12.1. The smallest absolute Gasteiger partial charge is 0.317 e. The van der Waals surface area contributed by atoms with Crippen LogP contribution in [0.3, 0.4) is 0 Å². The number of carboxylic acids is 1. The van der Waals surface area contributed by atoms with Gasteiger partial charge in [0.25, 0.3) is 0 Å². The van der Waals surface area contributed by atoms with E-state index in [9.17, 15) is 9.59 Å². The Morgan fingerprint density at radius 1 is 1.40 bits per heavy atom. The summed E-state index contributed by atoms with van der Waals surface area (Å²) in [5, 5.41) is 11.9. The summed E-state index contributed by atoms with van der Waals surface area (Å²) in [6.07, 6.45) is 6.49. The van der Waals surface area contributed by atoms with Crippen molar-refractivity contribution < 1.29 is 14.7 Å². The SMILES string of the molecule is CCCCCC(C)NC(=O)N1CCCC(CC(=O)O)C1. The number of carbonyl (C=O) groups excluding carboxylic acids is 1. The third kappa shape index (κ3) is 6.26. The minimum absolute atomic E-state index is 0.0379. The molecule has 20 heavy (non-hydrogen) atoms. The van der Waals surface area contributed by atoms with E-state index < -0.39 is 5.97 Å². The molecule has 2 unspecified atom stereocenters. The van der Waals surface area contributed by atoms with E-state index in [1.54, 1.807) is 4.90 Å². The fraction of sp³-hybridized carbons (Fsp3) is 0.867. The summed E-state index contributed by atoms with van der Waals surface area (Å²) < 4.78 is 0. The lowest BCUT2D eigenvalue weighted by molar-refractivity contribution is -0.138. The normalized spacial score (nSPS) is 20.5. The fourth-order valence-electron chi connectivity index (χ4n) is 2.74. The van der Waals surface area contributed by atoms with Crippen LogP contribution < -0.4 is 5.32 Å². The average molecular weight is 284 g/mol. The number of rotatable bonds is 7. The van der Waals surface area contributed by atoms with Crippen molar-refractivity contribution in [1.29, 1.82) is 0 Å². The first-order chi connectivity index (χ1) is 9.52. The average Bonchev–Trinajstić information content (AvgIpc) is 2.38. The van der Waals surface area contributed by atoms with Gasteiger partial charge in [-0.25, -0.2) is 4.79 Å². The van der Waals surface area contributed by atoms with E-state index in [0.717, 1.165) is 32.2 Å². The van der Waals surface area contributed by atoms with Crippen molar-refractivity contribution in [2.45, 2.75) is 64.8 Å². The largest absolute Gasteiger partial charge is 0.481 e. The number of unbranched alkanes of at least 4 members (excludes halogenated alkanes) is 2. The van der Waals surface area contributed by atoms with Crippen molar-refractivity contribution in [2.24, 2.45) is 5.92 Å². The number of nitrogens with one attached hydrogen (secondary N) is 1. The zero-order valence-electron chi connectivity index (χ0n) is 12.7. The molecule has 1 saturated heterocycles. The van der Waals surface area contributed by atoms with Gasteiger partial charge in [0, 0.05) is 25.6 Å². The molecule has 0 spiro atoms. The second kappa shape index (κ2) is 8.82. The van der Waals surface area contributed by atoms with E-state index in [4.69, 9.17) is 5.11 Å². The second-order valence-electron chi connectivity index (χ2n) is 5.90.